The molecule has 1 aromatic carbocycles. The van der Waals surface area contributed by atoms with Crippen molar-refractivity contribution in [2.75, 3.05) is 12.3 Å². The third-order valence-electron chi connectivity index (χ3n) is 4.75. The van der Waals surface area contributed by atoms with E-state index in [0.717, 1.165) is 10.3 Å². The normalized spacial score (nSPS) is 11.0. The molecule has 162 valence electrons. The fourth-order valence-electron chi connectivity index (χ4n) is 3.15. The molecule has 0 aliphatic heterocycles. The van der Waals surface area contributed by atoms with Crippen LogP contribution in [0.1, 0.15) is 34.6 Å². The minimum absolute atomic E-state index is 0.0628. The molecule has 2 N–H and O–H groups in total. The van der Waals surface area contributed by atoms with Gasteiger partial charge in [0, 0.05) is 31.7 Å². The number of esters is 1. The first-order valence-corrected chi connectivity index (χ1v) is 9.73. The maximum absolute atomic E-state index is 12.6. The van der Waals surface area contributed by atoms with Crippen LogP contribution in [0.25, 0.3) is 5.69 Å². The highest BCUT2D eigenvalue weighted by molar-refractivity contribution is 6.02. The van der Waals surface area contributed by atoms with E-state index in [0.29, 0.717) is 0 Å². The van der Waals surface area contributed by atoms with Crippen molar-refractivity contribution in [1.29, 1.82) is 0 Å². The van der Waals surface area contributed by atoms with Gasteiger partial charge in [-0.25, -0.2) is 9.59 Å². The molecule has 0 bridgehead atoms. The van der Waals surface area contributed by atoms with Crippen molar-refractivity contribution < 1.29 is 14.3 Å². The van der Waals surface area contributed by atoms with Gasteiger partial charge in [-0.3, -0.25) is 18.7 Å². The van der Waals surface area contributed by atoms with Crippen LogP contribution in [-0.4, -0.2) is 32.1 Å². The zero-order valence-corrected chi connectivity index (χ0v) is 17.6. The molecule has 0 radical (unpaired) electrons. The number of carbonyl (C=O) groups is 2. The van der Waals surface area contributed by atoms with Crippen LogP contribution in [0, 0.1) is 5.92 Å². The van der Waals surface area contributed by atoms with Crippen molar-refractivity contribution >= 4 is 17.6 Å². The fourth-order valence-corrected chi connectivity index (χ4v) is 3.15. The summed E-state index contributed by atoms with van der Waals surface area (Å²) in [6.07, 6.45) is 3.74. The Labute approximate surface area is 178 Å². The molecular weight excluding hydrogens is 400 g/mol. The number of aromatic nitrogens is 3. The van der Waals surface area contributed by atoms with Crippen molar-refractivity contribution in [3.63, 3.8) is 0 Å². The Balaban J connectivity index is 1.77. The summed E-state index contributed by atoms with van der Waals surface area (Å²) in [6.45, 7) is 3.33. The van der Waals surface area contributed by atoms with Gasteiger partial charge in [-0.1, -0.05) is 13.8 Å². The Morgan fingerprint density at radius 3 is 2.26 bits per heavy atom. The van der Waals surface area contributed by atoms with Crippen molar-refractivity contribution in [3.05, 3.63) is 80.8 Å². The topological polar surface area (TPSA) is 118 Å². The van der Waals surface area contributed by atoms with E-state index in [1.807, 2.05) is 42.9 Å². The number of ether oxygens (including phenoxy) is 1. The Kier molecular flexibility index (Phi) is 6.24. The van der Waals surface area contributed by atoms with E-state index in [1.165, 1.54) is 11.6 Å². The number of anilines is 1. The maximum Gasteiger partial charge on any atom is 0.338 e. The van der Waals surface area contributed by atoms with Gasteiger partial charge >= 0.3 is 11.7 Å². The van der Waals surface area contributed by atoms with E-state index in [4.69, 9.17) is 10.5 Å². The molecule has 9 heteroatoms. The maximum atomic E-state index is 12.6. The lowest BCUT2D eigenvalue weighted by molar-refractivity contribution is 0.0474. The molecule has 0 aliphatic rings. The van der Waals surface area contributed by atoms with Crippen LogP contribution < -0.4 is 17.0 Å². The molecule has 9 nitrogen and oxygen atoms in total. The minimum atomic E-state index is -0.820. The average molecular weight is 424 g/mol. The first-order chi connectivity index (χ1) is 14.7. The van der Waals surface area contributed by atoms with E-state index in [2.05, 4.69) is 0 Å². The molecule has 31 heavy (non-hydrogen) atoms. The number of carbonyl (C=O) groups excluding carboxylic acids is 2. The summed E-state index contributed by atoms with van der Waals surface area (Å²) in [5.74, 6) is -1.64. The Hall–Kier alpha value is -3.88. The molecule has 0 saturated carbocycles. The first kappa shape index (κ1) is 21.8. The van der Waals surface area contributed by atoms with Gasteiger partial charge in [0.05, 0.1) is 5.56 Å². The van der Waals surface area contributed by atoms with Crippen molar-refractivity contribution in [1.82, 2.24) is 13.7 Å². The minimum Gasteiger partial charge on any atom is -0.454 e. The summed E-state index contributed by atoms with van der Waals surface area (Å²) in [4.78, 5) is 49.8. The van der Waals surface area contributed by atoms with Crippen LogP contribution in [-0.2, 0) is 18.3 Å². The van der Waals surface area contributed by atoms with Crippen molar-refractivity contribution in [2.24, 2.45) is 13.0 Å². The summed E-state index contributed by atoms with van der Waals surface area (Å²) in [7, 11) is 1.27. The summed E-state index contributed by atoms with van der Waals surface area (Å²) in [6, 6.07) is 10.4. The average Bonchev–Trinajstić information content (AvgIpc) is 3.28. The van der Waals surface area contributed by atoms with Gasteiger partial charge < -0.3 is 15.0 Å². The quantitative estimate of drug-likeness (QED) is 0.455. The molecule has 0 amide bonds. The lowest BCUT2D eigenvalue weighted by atomic mass is 10.1. The van der Waals surface area contributed by atoms with E-state index in [9.17, 15) is 19.2 Å². The number of nitrogen functional groups attached to an aromatic ring is 1. The predicted octanol–water partition coefficient (Wildman–Crippen LogP) is 1.62. The summed E-state index contributed by atoms with van der Waals surface area (Å²) >= 11 is 0. The Morgan fingerprint density at radius 2 is 1.68 bits per heavy atom. The molecule has 3 rings (SSSR count). The second-order valence-electron chi connectivity index (χ2n) is 7.55. The lowest BCUT2D eigenvalue weighted by Gasteiger charge is -2.16. The molecule has 0 aliphatic carbocycles. The van der Waals surface area contributed by atoms with Crippen LogP contribution in [0.15, 0.2) is 58.4 Å². The zero-order valence-electron chi connectivity index (χ0n) is 17.6. The smallest absolute Gasteiger partial charge is 0.338 e. The fraction of sp³-hybridized carbons (Fsp3) is 0.273. The first-order valence-electron chi connectivity index (χ1n) is 9.73. The number of ketones is 1. The van der Waals surface area contributed by atoms with Crippen LogP contribution >= 0.6 is 0 Å². The van der Waals surface area contributed by atoms with Gasteiger partial charge in [-0.05, 0) is 42.3 Å². The molecule has 2 aromatic heterocycles. The van der Waals surface area contributed by atoms with Crippen molar-refractivity contribution in [3.8, 4) is 5.69 Å². The molecule has 0 fully saturated rings. The summed E-state index contributed by atoms with van der Waals surface area (Å²) < 4.78 is 8.98. The number of nitrogens with two attached hydrogens (primary N) is 1. The number of nitrogens with zero attached hydrogens (tertiary/aromatic N) is 3. The summed E-state index contributed by atoms with van der Waals surface area (Å²) in [5.41, 5.74) is 5.30. The van der Waals surface area contributed by atoms with Crippen LogP contribution in [0.5, 0.6) is 0 Å². The number of benzene rings is 1. The standard InChI is InChI=1S/C22H24N4O5/c1-14(2)12-26-19(23)18(20(28)24(3)22(26)30)17(27)13-31-21(29)15-6-8-16(9-7-15)25-10-4-5-11-25/h4-11,14H,12-13,23H2,1-3H3. The van der Waals surface area contributed by atoms with Crippen LogP contribution in [0.2, 0.25) is 0 Å². The van der Waals surface area contributed by atoms with Crippen LogP contribution in [0.4, 0.5) is 5.82 Å². The van der Waals surface area contributed by atoms with E-state index < -0.39 is 29.6 Å². The third kappa shape index (κ3) is 4.50. The van der Waals surface area contributed by atoms with Gasteiger partial charge in [0.15, 0.2) is 6.61 Å². The van der Waals surface area contributed by atoms with Gasteiger partial charge in [0.25, 0.3) is 5.56 Å². The second-order valence-corrected chi connectivity index (χ2v) is 7.55. The molecule has 0 atom stereocenters. The monoisotopic (exact) mass is 424 g/mol. The van der Waals surface area contributed by atoms with Gasteiger partial charge in [-0.15, -0.1) is 0 Å². The van der Waals surface area contributed by atoms with Gasteiger partial charge in [0.2, 0.25) is 5.78 Å². The Bertz CT molecular complexity index is 1220. The third-order valence-corrected chi connectivity index (χ3v) is 4.75. The van der Waals surface area contributed by atoms with Crippen LogP contribution in [0.3, 0.4) is 0 Å². The zero-order chi connectivity index (χ0) is 22.7. The molecule has 3 aromatic rings. The van der Waals surface area contributed by atoms with Crippen molar-refractivity contribution in [2.45, 2.75) is 20.4 Å². The largest absolute Gasteiger partial charge is 0.454 e. The molecular formula is C22H24N4O5. The number of hydrogen-bond donors (Lipinski definition) is 1. The Morgan fingerprint density at radius 1 is 1.06 bits per heavy atom. The highest BCUT2D eigenvalue weighted by Gasteiger charge is 2.23. The SMILES string of the molecule is CC(C)Cn1c(N)c(C(=O)COC(=O)c2ccc(-n3cccc3)cc2)c(=O)n(C)c1=O. The molecule has 0 unspecified atom stereocenters. The number of rotatable bonds is 7. The highest BCUT2D eigenvalue weighted by atomic mass is 16.5. The highest BCUT2D eigenvalue weighted by Crippen LogP contribution is 2.12. The van der Waals surface area contributed by atoms with Gasteiger partial charge in [-0.2, -0.15) is 0 Å². The second kappa shape index (κ2) is 8.86. The molecule has 0 spiro atoms. The van der Waals surface area contributed by atoms with E-state index in [-0.39, 0.29) is 29.4 Å². The summed E-state index contributed by atoms with van der Waals surface area (Å²) in [5, 5.41) is 0. The van der Waals surface area contributed by atoms with Gasteiger partial charge in [0.1, 0.15) is 11.4 Å². The molecule has 2 heterocycles. The number of hydrogen-bond acceptors (Lipinski definition) is 6. The van der Waals surface area contributed by atoms with E-state index >= 15 is 0 Å². The molecule has 0 saturated heterocycles. The number of Topliss-reactive ketones (excluding diaryl/α,β-unsaturated/α-hetero) is 1. The van der Waals surface area contributed by atoms with E-state index in [1.54, 1.807) is 24.3 Å². The lowest BCUT2D eigenvalue weighted by Crippen LogP contribution is -2.43. The predicted molar refractivity (Wildman–Crippen MR) is 116 cm³/mol.